The third-order valence-electron chi connectivity index (χ3n) is 4.51. The highest BCUT2D eigenvalue weighted by Gasteiger charge is 2.29. The zero-order valence-electron chi connectivity index (χ0n) is 11.4. The maximum absolute atomic E-state index is 10.9. The van der Waals surface area contributed by atoms with Gasteiger partial charge in [0.15, 0.2) is 0 Å². The molecule has 2 N–H and O–H groups in total. The summed E-state index contributed by atoms with van der Waals surface area (Å²) in [6.07, 6.45) is 7.43. The van der Waals surface area contributed by atoms with E-state index in [1.54, 1.807) is 0 Å². The van der Waals surface area contributed by atoms with Gasteiger partial charge in [0, 0.05) is 18.5 Å². The number of nitrogens with zero attached hydrogens (tertiary/aromatic N) is 1. The molecule has 4 heteroatoms. The van der Waals surface area contributed by atoms with Gasteiger partial charge < -0.3 is 15.3 Å². The van der Waals surface area contributed by atoms with Crippen molar-refractivity contribution in [2.75, 3.05) is 20.1 Å². The van der Waals surface area contributed by atoms with Crippen molar-refractivity contribution in [1.82, 2.24) is 10.2 Å². The SMILES string of the molecule is CN1CCC(N[C@H]2CCCC[C@@H]2CC(=O)O)CC1. The molecule has 1 aliphatic carbocycles. The summed E-state index contributed by atoms with van der Waals surface area (Å²) in [5, 5.41) is 12.7. The molecule has 2 aliphatic rings. The molecule has 2 rings (SSSR count). The van der Waals surface area contributed by atoms with Crippen LogP contribution in [0.4, 0.5) is 0 Å². The Kier molecular flexibility index (Phi) is 5.01. The van der Waals surface area contributed by atoms with Crippen molar-refractivity contribution in [3.63, 3.8) is 0 Å². The van der Waals surface area contributed by atoms with Gasteiger partial charge in [0.05, 0.1) is 0 Å². The zero-order valence-corrected chi connectivity index (χ0v) is 11.4. The van der Waals surface area contributed by atoms with Gasteiger partial charge in [0.2, 0.25) is 0 Å². The smallest absolute Gasteiger partial charge is 0.303 e. The van der Waals surface area contributed by atoms with Gasteiger partial charge in [0.25, 0.3) is 0 Å². The molecule has 2 atom stereocenters. The summed E-state index contributed by atoms with van der Waals surface area (Å²) in [6.45, 7) is 2.32. The number of carboxylic acids is 1. The van der Waals surface area contributed by atoms with Crippen LogP contribution in [0.15, 0.2) is 0 Å². The maximum Gasteiger partial charge on any atom is 0.303 e. The molecule has 1 heterocycles. The van der Waals surface area contributed by atoms with Crippen LogP contribution in [0.1, 0.15) is 44.9 Å². The number of carboxylic acid groups (broad SMARTS) is 1. The Morgan fingerprint density at radius 3 is 2.56 bits per heavy atom. The van der Waals surface area contributed by atoms with Crippen LogP contribution in [-0.2, 0) is 4.79 Å². The van der Waals surface area contributed by atoms with Crippen LogP contribution in [0, 0.1) is 5.92 Å². The summed E-state index contributed by atoms with van der Waals surface area (Å²) >= 11 is 0. The molecule has 1 saturated carbocycles. The van der Waals surface area contributed by atoms with Crippen molar-refractivity contribution in [2.45, 2.75) is 57.0 Å². The molecule has 18 heavy (non-hydrogen) atoms. The van der Waals surface area contributed by atoms with Crippen molar-refractivity contribution < 1.29 is 9.90 Å². The second-order valence-corrected chi connectivity index (χ2v) is 5.99. The van der Waals surface area contributed by atoms with Crippen LogP contribution in [0.2, 0.25) is 0 Å². The van der Waals surface area contributed by atoms with Gasteiger partial charge in [-0.1, -0.05) is 12.8 Å². The molecule has 0 unspecified atom stereocenters. The minimum absolute atomic E-state index is 0.338. The monoisotopic (exact) mass is 254 g/mol. The Labute approximate surface area is 110 Å². The van der Waals surface area contributed by atoms with E-state index in [1.807, 2.05) is 0 Å². The molecule has 1 aliphatic heterocycles. The molecule has 0 radical (unpaired) electrons. The average molecular weight is 254 g/mol. The number of nitrogens with one attached hydrogen (secondary N) is 1. The van der Waals surface area contributed by atoms with E-state index in [4.69, 9.17) is 5.11 Å². The summed E-state index contributed by atoms with van der Waals surface area (Å²) < 4.78 is 0. The van der Waals surface area contributed by atoms with Gasteiger partial charge in [-0.25, -0.2) is 0 Å². The largest absolute Gasteiger partial charge is 0.481 e. The van der Waals surface area contributed by atoms with E-state index >= 15 is 0 Å². The Balaban J connectivity index is 1.83. The fraction of sp³-hybridized carbons (Fsp3) is 0.929. The topological polar surface area (TPSA) is 52.6 Å². The van der Waals surface area contributed by atoms with Crippen LogP contribution >= 0.6 is 0 Å². The van der Waals surface area contributed by atoms with Crippen molar-refractivity contribution >= 4 is 5.97 Å². The van der Waals surface area contributed by atoms with Crippen molar-refractivity contribution in [3.05, 3.63) is 0 Å². The molecule has 0 aromatic heterocycles. The molecule has 0 bridgehead atoms. The average Bonchev–Trinajstić information content (AvgIpc) is 2.34. The molecule has 2 fully saturated rings. The van der Waals surface area contributed by atoms with Gasteiger partial charge in [-0.05, 0) is 51.7 Å². The normalized spacial score (nSPS) is 31.4. The fourth-order valence-electron chi connectivity index (χ4n) is 3.37. The summed E-state index contributed by atoms with van der Waals surface area (Å²) in [5.74, 6) is -0.298. The lowest BCUT2D eigenvalue weighted by Crippen LogP contribution is -2.49. The van der Waals surface area contributed by atoms with E-state index in [2.05, 4.69) is 17.3 Å². The number of piperidine rings is 1. The van der Waals surface area contributed by atoms with E-state index in [-0.39, 0.29) is 0 Å². The molecule has 104 valence electrons. The van der Waals surface area contributed by atoms with Crippen LogP contribution < -0.4 is 5.32 Å². The predicted molar refractivity (Wildman–Crippen MR) is 71.7 cm³/mol. The molecule has 0 aromatic carbocycles. The summed E-state index contributed by atoms with van der Waals surface area (Å²) in [4.78, 5) is 13.3. The fourth-order valence-corrected chi connectivity index (χ4v) is 3.37. The third-order valence-corrected chi connectivity index (χ3v) is 4.51. The van der Waals surface area contributed by atoms with Crippen molar-refractivity contribution in [3.8, 4) is 0 Å². The standard InChI is InChI=1S/C14H26N2O2/c1-16-8-6-12(7-9-16)15-13-5-3-2-4-11(13)10-14(17)18/h11-13,15H,2-10H2,1H3,(H,17,18)/t11-,13+/m1/s1. The first-order valence-corrected chi connectivity index (χ1v) is 7.31. The summed E-state index contributed by atoms with van der Waals surface area (Å²) in [6, 6.07) is 1.03. The first-order valence-electron chi connectivity index (χ1n) is 7.31. The Morgan fingerprint density at radius 2 is 1.89 bits per heavy atom. The maximum atomic E-state index is 10.9. The van der Waals surface area contributed by atoms with E-state index in [9.17, 15) is 4.79 Å². The molecule has 4 nitrogen and oxygen atoms in total. The van der Waals surface area contributed by atoms with Crippen LogP contribution in [0.25, 0.3) is 0 Å². The number of carbonyl (C=O) groups is 1. The quantitative estimate of drug-likeness (QED) is 0.802. The van der Waals surface area contributed by atoms with Gasteiger partial charge in [-0.2, -0.15) is 0 Å². The molecule has 0 spiro atoms. The van der Waals surface area contributed by atoms with E-state index < -0.39 is 5.97 Å². The van der Waals surface area contributed by atoms with Crippen LogP contribution in [-0.4, -0.2) is 48.2 Å². The lowest BCUT2D eigenvalue weighted by Gasteiger charge is -2.37. The highest BCUT2D eigenvalue weighted by Crippen LogP contribution is 2.28. The van der Waals surface area contributed by atoms with E-state index in [0.717, 1.165) is 25.9 Å². The highest BCUT2D eigenvalue weighted by molar-refractivity contribution is 5.67. The number of aliphatic carboxylic acids is 1. The lowest BCUT2D eigenvalue weighted by molar-refractivity contribution is -0.138. The summed E-state index contributed by atoms with van der Waals surface area (Å²) in [5.41, 5.74) is 0. The number of rotatable bonds is 4. The van der Waals surface area contributed by atoms with E-state index in [0.29, 0.717) is 24.4 Å². The minimum atomic E-state index is -0.642. The molecule has 0 aromatic rings. The molecular formula is C14H26N2O2. The van der Waals surface area contributed by atoms with E-state index in [1.165, 1.54) is 25.7 Å². The second-order valence-electron chi connectivity index (χ2n) is 5.99. The minimum Gasteiger partial charge on any atom is -0.481 e. The van der Waals surface area contributed by atoms with Gasteiger partial charge in [-0.3, -0.25) is 4.79 Å². The first kappa shape index (κ1) is 13.8. The lowest BCUT2D eigenvalue weighted by atomic mass is 9.81. The second kappa shape index (κ2) is 6.53. The van der Waals surface area contributed by atoms with Crippen molar-refractivity contribution in [1.29, 1.82) is 0 Å². The number of hydrogen-bond donors (Lipinski definition) is 2. The number of hydrogen-bond acceptors (Lipinski definition) is 3. The van der Waals surface area contributed by atoms with Gasteiger partial charge in [-0.15, -0.1) is 0 Å². The Morgan fingerprint density at radius 1 is 1.22 bits per heavy atom. The molecule has 1 saturated heterocycles. The third kappa shape index (κ3) is 3.95. The molecular weight excluding hydrogens is 228 g/mol. The summed E-state index contributed by atoms with van der Waals surface area (Å²) in [7, 11) is 2.17. The predicted octanol–water partition coefficient (Wildman–Crippen LogP) is 1.70. The van der Waals surface area contributed by atoms with Crippen molar-refractivity contribution in [2.24, 2.45) is 5.92 Å². The molecule has 0 amide bonds. The zero-order chi connectivity index (χ0) is 13.0. The van der Waals surface area contributed by atoms with Crippen LogP contribution in [0.5, 0.6) is 0 Å². The van der Waals surface area contributed by atoms with Gasteiger partial charge in [0.1, 0.15) is 0 Å². The number of likely N-dealkylation sites (tertiary alicyclic amines) is 1. The van der Waals surface area contributed by atoms with Crippen LogP contribution in [0.3, 0.4) is 0 Å². The Bertz CT molecular complexity index is 275. The van der Waals surface area contributed by atoms with Gasteiger partial charge >= 0.3 is 5.97 Å². The highest BCUT2D eigenvalue weighted by atomic mass is 16.4. The Hall–Kier alpha value is -0.610. The first-order chi connectivity index (χ1) is 8.65.